The average Bonchev–Trinajstić information content (AvgIpc) is 2.97. The monoisotopic (exact) mass is 331 g/mol. The van der Waals surface area contributed by atoms with Gasteiger partial charge in [0.05, 0.1) is 17.8 Å². The first-order valence-corrected chi connectivity index (χ1v) is 7.35. The number of hydrogen-bond donors (Lipinski definition) is 1. The first-order valence-electron chi connectivity index (χ1n) is 6.97. The summed E-state index contributed by atoms with van der Waals surface area (Å²) in [5.74, 6) is 0.894. The van der Waals surface area contributed by atoms with Gasteiger partial charge in [0, 0.05) is 18.9 Å². The number of ether oxygens (including phenoxy) is 1. The van der Waals surface area contributed by atoms with E-state index in [9.17, 15) is 4.79 Å². The van der Waals surface area contributed by atoms with Crippen LogP contribution in [-0.4, -0.2) is 32.8 Å². The number of carbonyl (C=O) groups is 1. The zero-order valence-electron chi connectivity index (χ0n) is 12.4. The Labute approximate surface area is 137 Å². The molecule has 0 aliphatic heterocycles. The lowest BCUT2D eigenvalue weighted by atomic mass is 10.2. The van der Waals surface area contributed by atoms with E-state index in [-0.39, 0.29) is 12.3 Å². The van der Waals surface area contributed by atoms with Gasteiger partial charge in [-0.05, 0) is 18.2 Å². The van der Waals surface area contributed by atoms with Gasteiger partial charge in [0.2, 0.25) is 11.8 Å². The molecule has 0 aliphatic rings. The van der Waals surface area contributed by atoms with Gasteiger partial charge in [0.25, 0.3) is 0 Å². The van der Waals surface area contributed by atoms with Crippen LogP contribution in [0.15, 0.2) is 36.4 Å². The van der Waals surface area contributed by atoms with Gasteiger partial charge in [0.15, 0.2) is 11.5 Å². The summed E-state index contributed by atoms with van der Waals surface area (Å²) in [7, 11) is 1.54. The van der Waals surface area contributed by atoms with Gasteiger partial charge in [0.1, 0.15) is 0 Å². The Bertz CT molecular complexity index is 849. The Morgan fingerprint density at radius 2 is 2.09 bits per heavy atom. The van der Waals surface area contributed by atoms with Crippen LogP contribution in [0.2, 0.25) is 5.02 Å². The molecule has 2 aromatic heterocycles. The standard InChI is InChI=1S/C15H14ClN5O2/c1-23-15-9-7-13-19-18-12(21(13)20-15)6-8-14(22)17-11-5-3-2-4-10(11)16/h2-5,7,9H,6,8H2,1H3,(H,17,22). The molecule has 0 spiro atoms. The summed E-state index contributed by atoms with van der Waals surface area (Å²) in [6, 6.07) is 10.5. The van der Waals surface area contributed by atoms with Crippen LogP contribution in [0.5, 0.6) is 5.88 Å². The molecule has 0 radical (unpaired) electrons. The van der Waals surface area contributed by atoms with E-state index < -0.39 is 0 Å². The van der Waals surface area contributed by atoms with Crippen LogP contribution in [-0.2, 0) is 11.2 Å². The largest absolute Gasteiger partial charge is 0.480 e. The smallest absolute Gasteiger partial charge is 0.231 e. The molecule has 0 unspecified atom stereocenters. The second-order valence-electron chi connectivity index (χ2n) is 4.79. The number of rotatable bonds is 5. The number of aryl methyl sites for hydroxylation is 1. The number of halogens is 1. The van der Waals surface area contributed by atoms with E-state index in [0.29, 0.717) is 34.5 Å². The highest BCUT2D eigenvalue weighted by Crippen LogP contribution is 2.20. The van der Waals surface area contributed by atoms with Crippen LogP contribution in [0.4, 0.5) is 5.69 Å². The van der Waals surface area contributed by atoms with E-state index in [1.165, 1.54) is 7.11 Å². The molecular formula is C15H14ClN5O2. The van der Waals surface area contributed by atoms with Crippen LogP contribution in [0.3, 0.4) is 0 Å². The third-order valence-corrected chi connectivity index (χ3v) is 3.57. The van der Waals surface area contributed by atoms with Gasteiger partial charge < -0.3 is 10.1 Å². The molecule has 0 saturated carbocycles. The average molecular weight is 332 g/mol. The van der Waals surface area contributed by atoms with Crippen molar-refractivity contribution < 1.29 is 9.53 Å². The van der Waals surface area contributed by atoms with Crippen molar-refractivity contribution in [3.63, 3.8) is 0 Å². The second kappa shape index (κ2) is 6.62. The van der Waals surface area contributed by atoms with Gasteiger partial charge in [-0.15, -0.1) is 15.3 Å². The number of hydrogen-bond acceptors (Lipinski definition) is 5. The fourth-order valence-corrected chi connectivity index (χ4v) is 2.26. The quantitative estimate of drug-likeness (QED) is 0.776. The molecule has 0 bridgehead atoms. The van der Waals surface area contributed by atoms with Crippen molar-refractivity contribution >= 4 is 28.8 Å². The van der Waals surface area contributed by atoms with Crippen LogP contribution < -0.4 is 10.1 Å². The molecule has 0 fully saturated rings. The third kappa shape index (κ3) is 3.40. The van der Waals surface area contributed by atoms with Crippen LogP contribution in [0.25, 0.3) is 5.65 Å². The fourth-order valence-electron chi connectivity index (χ4n) is 2.08. The van der Waals surface area contributed by atoms with Crippen LogP contribution >= 0.6 is 11.6 Å². The lowest BCUT2D eigenvalue weighted by Crippen LogP contribution is -2.13. The highest BCUT2D eigenvalue weighted by atomic mass is 35.5. The molecule has 0 atom stereocenters. The minimum Gasteiger partial charge on any atom is -0.480 e. The molecule has 3 rings (SSSR count). The zero-order valence-corrected chi connectivity index (χ0v) is 13.1. The van der Waals surface area contributed by atoms with E-state index in [4.69, 9.17) is 16.3 Å². The van der Waals surface area contributed by atoms with Gasteiger partial charge in [-0.25, -0.2) is 0 Å². The number of methoxy groups -OCH3 is 1. The van der Waals surface area contributed by atoms with Crippen molar-refractivity contribution in [2.45, 2.75) is 12.8 Å². The van der Waals surface area contributed by atoms with Gasteiger partial charge in [-0.3, -0.25) is 4.79 Å². The summed E-state index contributed by atoms with van der Waals surface area (Å²) in [4.78, 5) is 12.0. The van der Waals surface area contributed by atoms with Crippen molar-refractivity contribution in [1.82, 2.24) is 19.8 Å². The molecular weight excluding hydrogens is 318 g/mol. The molecule has 8 heteroatoms. The summed E-state index contributed by atoms with van der Waals surface area (Å²) >= 11 is 6.01. The maximum absolute atomic E-state index is 12.0. The molecule has 1 N–H and O–H groups in total. The van der Waals surface area contributed by atoms with E-state index in [0.717, 1.165) is 0 Å². The van der Waals surface area contributed by atoms with Gasteiger partial charge >= 0.3 is 0 Å². The summed E-state index contributed by atoms with van der Waals surface area (Å²) < 4.78 is 6.65. The first kappa shape index (κ1) is 15.2. The Hall–Kier alpha value is -2.67. The Morgan fingerprint density at radius 3 is 2.87 bits per heavy atom. The number of benzene rings is 1. The minimum absolute atomic E-state index is 0.155. The molecule has 1 aromatic carbocycles. The highest BCUT2D eigenvalue weighted by molar-refractivity contribution is 6.33. The summed E-state index contributed by atoms with van der Waals surface area (Å²) in [5.41, 5.74) is 1.19. The van der Waals surface area contributed by atoms with Gasteiger partial charge in [-0.1, -0.05) is 23.7 Å². The Balaban J connectivity index is 1.68. The highest BCUT2D eigenvalue weighted by Gasteiger charge is 2.11. The topological polar surface area (TPSA) is 81.4 Å². The number of anilines is 1. The number of carbonyl (C=O) groups excluding carboxylic acids is 1. The van der Waals surface area contributed by atoms with Crippen molar-refractivity contribution in [3.8, 4) is 5.88 Å². The minimum atomic E-state index is -0.155. The molecule has 7 nitrogen and oxygen atoms in total. The number of amides is 1. The van der Waals surface area contributed by atoms with E-state index in [1.807, 2.05) is 6.07 Å². The van der Waals surface area contributed by atoms with Crippen LogP contribution in [0, 0.1) is 0 Å². The predicted octanol–water partition coefficient (Wildman–Crippen LogP) is 2.36. The molecule has 0 saturated heterocycles. The van der Waals surface area contributed by atoms with Crippen molar-refractivity contribution in [3.05, 3.63) is 47.2 Å². The zero-order chi connectivity index (χ0) is 16.2. The third-order valence-electron chi connectivity index (χ3n) is 3.24. The van der Waals surface area contributed by atoms with Crippen molar-refractivity contribution in [2.24, 2.45) is 0 Å². The van der Waals surface area contributed by atoms with Crippen LogP contribution in [0.1, 0.15) is 12.2 Å². The normalized spacial score (nSPS) is 10.7. The van der Waals surface area contributed by atoms with E-state index >= 15 is 0 Å². The van der Waals surface area contributed by atoms with Crippen molar-refractivity contribution in [2.75, 3.05) is 12.4 Å². The number of fused-ring (bicyclic) bond motifs is 1. The molecule has 118 valence electrons. The van der Waals surface area contributed by atoms with Gasteiger partial charge in [-0.2, -0.15) is 4.52 Å². The number of aromatic nitrogens is 4. The molecule has 23 heavy (non-hydrogen) atoms. The summed E-state index contributed by atoms with van der Waals surface area (Å²) in [5, 5.41) is 15.6. The second-order valence-corrected chi connectivity index (χ2v) is 5.20. The van der Waals surface area contributed by atoms with Crippen molar-refractivity contribution in [1.29, 1.82) is 0 Å². The summed E-state index contributed by atoms with van der Waals surface area (Å²) in [6.07, 6.45) is 0.641. The number of nitrogens with zero attached hydrogens (tertiary/aromatic N) is 4. The SMILES string of the molecule is COc1ccc2nnc(CCC(=O)Nc3ccccc3Cl)n2n1. The maximum atomic E-state index is 12.0. The Morgan fingerprint density at radius 1 is 1.26 bits per heavy atom. The molecule has 1 amide bonds. The van der Waals surface area contributed by atoms with E-state index in [1.54, 1.807) is 34.8 Å². The fraction of sp³-hybridized carbons (Fsp3) is 0.200. The molecule has 2 heterocycles. The lowest BCUT2D eigenvalue weighted by molar-refractivity contribution is -0.116. The number of nitrogens with one attached hydrogen (secondary N) is 1. The maximum Gasteiger partial charge on any atom is 0.231 e. The lowest BCUT2D eigenvalue weighted by Gasteiger charge is -2.06. The molecule has 0 aliphatic carbocycles. The Kier molecular flexibility index (Phi) is 4.38. The molecule has 3 aromatic rings. The first-order chi connectivity index (χ1) is 11.2. The summed E-state index contributed by atoms with van der Waals surface area (Å²) in [6.45, 7) is 0. The predicted molar refractivity (Wildman–Crippen MR) is 85.7 cm³/mol. The number of para-hydroxylation sites is 1. The van der Waals surface area contributed by atoms with E-state index in [2.05, 4.69) is 20.6 Å².